The largest absolute Gasteiger partial charge is 0.397 e. The minimum atomic E-state index is -0.256. The normalized spacial score (nSPS) is 15.9. The van der Waals surface area contributed by atoms with Gasteiger partial charge < -0.3 is 16.0 Å². The summed E-state index contributed by atoms with van der Waals surface area (Å²) >= 11 is 0. The van der Waals surface area contributed by atoms with Crippen LogP contribution in [0.1, 0.15) is 11.1 Å². The predicted octanol–water partition coefficient (Wildman–Crippen LogP) is 2.60. The molecule has 0 saturated heterocycles. The van der Waals surface area contributed by atoms with Crippen LogP contribution in [-0.2, 0) is 17.6 Å². The number of hydrogen-bond acceptors (Lipinski definition) is 3. The number of nitrogens with one attached hydrogen (secondary N) is 1. The van der Waals surface area contributed by atoms with Crippen molar-refractivity contribution in [2.24, 2.45) is 0 Å². The molecule has 0 atom stereocenters. The third-order valence-electron chi connectivity index (χ3n) is 4.11. The highest BCUT2D eigenvalue weighted by Gasteiger charge is 2.26. The molecular formula is C16H14FN3O. The first kappa shape index (κ1) is 12.2. The smallest absolute Gasteiger partial charge is 0.228 e. The second kappa shape index (κ2) is 4.22. The maximum absolute atomic E-state index is 13.5. The predicted molar refractivity (Wildman–Crippen MR) is 80.3 cm³/mol. The molecular weight excluding hydrogens is 269 g/mol. The van der Waals surface area contributed by atoms with Crippen LogP contribution >= 0.6 is 0 Å². The molecule has 0 saturated carbocycles. The molecule has 0 aromatic heterocycles. The van der Waals surface area contributed by atoms with Gasteiger partial charge in [0.1, 0.15) is 5.82 Å². The first-order chi connectivity index (χ1) is 10.1. The SMILES string of the molecule is Nc1cc2c(cc1N1CCc3ccc(F)cc31)NC(=O)C2. The molecule has 4 nitrogen and oxygen atoms in total. The summed E-state index contributed by atoms with van der Waals surface area (Å²) in [6.45, 7) is 0.760. The van der Waals surface area contributed by atoms with Crippen molar-refractivity contribution in [2.75, 3.05) is 22.5 Å². The van der Waals surface area contributed by atoms with Crippen LogP contribution in [0.5, 0.6) is 0 Å². The molecule has 106 valence electrons. The molecule has 2 aromatic rings. The Labute approximate surface area is 121 Å². The van der Waals surface area contributed by atoms with Gasteiger partial charge in [0.05, 0.1) is 17.8 Å². The van der Waals surface area contributed by atoms with Crippen molar-refractivity contribution < 1.29 is 9.18 Å². The number of nitrogens with two attached hydrogens (primary N) is 1. The summed E-state index contributed by atoms with van der Waals surface area (Å²) in [6.07, 6.45) is 1.23. The fraction of sp³-hybridized carbons (Fsp3) is 0.188. The van der Waals surface area contributed by atoms with Gasteiger partial charge >= 0.3 is 0 Å². The summed E-state index contributed by atoms with van der Waals surface area (Å²) < 4.78 is 13.5. The van der Waals surface area contributed by atoms with E-state index in [1.807, 2.05) is 23.1 Å². The lowest BCUT2D eigenvalue weighted by Gasteiger charge is -2.22. The fourth-order valence-electron chi connectivity index (χ4n) is 3.12. The maximum Gasteiger partial charge on any atom is 0.228 e. The average Bonchev–Trinajstić information content (AvgIpc) is 2.99. The first-order valence-corrected chi connectivity index (χ1v) is 6.90. The number of hydrogen-bond donors (Lipinski definition) is 2. The third-order valence-corrected chi connectivity index (χ3v) is 4.11. The minimum absolute atomic E-state index is 0.0191. The van der Waals surface area contributed by atoms with Crippen molar-refractivity contribution in [1.82, 2.24) is 0 Å². The lowest BCUT2D eigenvalue weighted by atomic mass is 10.1. The Bertz CT molecular complexity index is 772. The van der Waals surface area contributed by atoms with Gasteiger partial charge in [-0.25, -0.2) is 4.39 Å². The Morgan fingerprint density at radius 1 is 1.14 bits per heavy atom. The van der Waals surface area contributed by atoms with E-state index in [4.69, 9.17) is 5.73 Å². The monoisotopic (exact) mass is 283 g/mol. The molecule has 3 N–H and O–H groups in total. The van der Waals surface area contributed by atoms with E-state index >= 15 is 0 Å². The highest BCUT2D eigenvalue weighted by molar-refractivity contribution is 6.01. The molecule has 4 rings (SSSR count). The Balaban J connectivity index is 1.81. The van der Waals surface area contributed by atoms with Gasteiger partial charge in [-0.2, -0.15) is 0 Å². The topological polar surface area (TPSA) is 58.4 Å². The van der Waals surface area contributed by atoms with Gasteiger partial charge in [-0.15, -0.1) is 0 Å². The highest BCUT2D eigenvalue weighted by atomic mass is 19.1. The van der Waals surface area contributed by atoms with Crippen LogP contribution < -0.4 is 16.0 Å². The number of nitrogens with zero attached hydrogens (tertiary/aromatic N) is 1. The minimum Gasteiger partial charge on any atom is -0.397 e. The Kier molecular flexibility index (Phi) is 2.45. The molecule has 0 fully saturated rings. The van der Waals surface area contributed by atoms with Crippen LogP contribution in [0.15, 0.2) is 30.3 Å². The van der Waals surface area contributed by atoms with Crippen LogP contribution in [0.4, 0.5) is 27.1 Å². The number of amides is 1. The molecule has 21 heavy (non-hydrogen) atoms. The molecule has 2 heterocycles. The van der Waals surface area contributed by atoms with Gasteiger partial charge in [0.2, 0.25) is 5.91 Å². The number of halogens is 1. The Morgan fingerprint density at radius 3 is 2.86 bits per heavy atom. The number of benzene rings is 2. The van der Waals surface area contributed by atoms with Crippen LogP contribution in [0.3, 0.4) is 0 Å². The lowest BCUT2D eigenvalue weighted by molar-refractivity contribution is -0.115. The average molecular weight is 283 g/mol. The van der Waals surface area contributed by atoms with Crippen molar-refractivity contribution in [3.05, 3.63) is 47.3 Å². The second-order valence-electron chi connectivity index (χ2n) is 5.47. The van der Waals surface area contributed by atoms with Crippen LogP contribution in [0, 0.1) is 5.82 Å². The van der Waals surface area contributed by atoms with Gasteiger partial charge in [-0.1, -0.05) is 6.07 Å². The van der Waals surface area contributed by atoms with Crippen molar-refractivity contribution in [3.8, 4) is 0 Å². The zero-order valence-electron chi connectivity index (χ0n) is 11.3. The molecule has 0 spiro atoms. The van der Waals surface area contributed by atoms with E-state index in [2.05, 4.69) is 5.32 Å². The molecule has 0 aliphatic carbocycles. The number of carbonyl (C=O) groups is 1. The van der Waals surface area contributed by atoms with Crippen molar-refractivity contribution in [1.29, 1.82) is 0 Å². The number of fused-ring (bicyclic) bond motifs is 2. The number of rotatable bonds is 1. The summed E-state index contributed by atoms with van der Waals surface area (Å²) in [7, 11) is 0. The van der Waals surface area contributed by atoms with E-state index in [1.165, 1.54) is 12.1 Å². The van der Waals surface area contributed by atoms with Crippen molar-refractivity contribution in [3.63, 3.8) is 0 Å². The summed E-state index contributed by atoms with van der Waals surface area (Å²) in [5, 5.41) is 2.83. The molecule has 2 aliphatic rings. The van der Waals surface area contributed by atoms with E-state index < -0.39 is 0 Å². The summed E-state index contributed by atoms with van der Waals surface area (Å²) in [4.78, 5) is 13.5. The van der Waals surface area contributed by atoms with Gasteiger partial charge in [0.25, 0.3) is 0 Å². The first-order valence-electron chi connectivity index (χ1n) is 6.90. The highest BCUT2D eigenvalue weighted by Crippen LogP contribution is 2.41. The maximum atomic E-state index is 13.5. The third kappa shape index (κ3) is 1.85. The molecule has 1 amide bonds. The number of nitrogen functional groups attached to an aromatic ring is 1. The van der Waals surface area contributed by atoms with Crippen LogP contribution in [-0.4, -0.2) is 12.5 Å². The van der Waals surface area contributed by atoms with E-state index in [1.54, 1.807) is 0 Å². The van der Waals surface area contributed by atoms with E-state index in [0.717, 1.165) is 41.2 Å². The van der Waals surface area contributed by atoms with E-state index in [9.17, 15) is 9.18 Å². The standard InChI is InChI=1S/C16H14FN3O/c17-11-2-1-9-3-4-20(14(9)7-11)15-8-13-10(5-12(15)18)6-16(21)19-13/h1-2,5,7-8H,3-4,6,18H2,(H,19,21). The molecule has 0 unspecified atom stereocenters. The summed E-state index contributed by atoms with van der Waals surface area (Å²) in [5.41, 5.74) is 11.3. The Hall–Kier alpha value is -2.56. The second-order valence-corrected chi connectivity index (χ2v) is 5.47. The molecule has 2 aromatic carbocycles. The molecule has 0 bridgehead atoms. The summed E-state index contributed by atoms with van der Waals surface area (Å²) in [5.74, 6) is -0.275. The summed E-state index contributed by atoms with van der Waals surface area (Å²) in [6, 6.07) is 8.55. The number of carbonyl (C=O) groups excluding carboxylic acids is 1. The zero-order valence-corrected chi connectivity index (χ0v) is 11.3. The fourth-order valence-corrected chi connectivity index (χ4v) is 3.12. The zero-order chi connectivity index (χ0) is 14.6. The van der Waals surface area contributed by atoms with Crippen molar-refractivity contribution >= 4 is 28.7 Å². The quantitative estimate of drug-likeness (QED) is 0.791. The van der Waals surface area contributed by atoms with Crippen molar-refractivity contribution in [2.45, 2.75) is 12.8 Å². The van der Waals surface area contributed by atoms with Gasteiger partial charge in [0, 0.05) is 17.9 Å². The molecule has 5 heteroatoms. The molecule has 2 aliphatic heterocycles. The van der Waals surface area contributed by atoms with E-state index in [0.29, 0.717) is 12.1 Å². The van der Waals surface area contributed by atoms with Gasteiger partial charge in [-0.3, -0.25) is 4.79 Å². The number of anilines is 4. The van der Waals surface area contributed by atoms with Gasteiger partial charge in [-0.05, 0) is 41.8 Å². The molecule has 0 radical (unpaired) electrons. The lowest BCUT2D eigenvalue weighted by Crippen LogP contribution is -2.15. The van der Waals surface area contributed by atoms with Crippen LogP contribution in [0.25, 0.3) is 0 Å². The van der Waals surface area contributed by atoms with E-state index in [-0.39, 0.29) is 11.7 Å². The van der Waals surface area contributed by atoms with Crippen LogP contribution in [0.2, 0.25) is 0 Å². The van der Waals surface area contributed by atoms with Gasteiger partial charge in [0.15, 0.2) is 0 Å². The Morgan fingerprint density at radius 2 is 2.00 bits per heavy atom.